The second kappa shape index (κ2) is 9.40. The number of benzene rings is 3. The molecule has 4 aromatic rings. The minimum absolute atomic E-state index is 0.134. The normalized spacial score (nSPS) is 11.4. The van der Waals surface area contributed by atoms with E-state index in [2.05, 4.69) is 31.0 Å². The zero-order chi connectivity index (χ0) is 21.6. The van der Waals surface area contributed by atoms with Gasteiger partial charge in [0, 0.05) is 21.8 Å². The number of rotatable bonds is 6. The van der Waals surface area contributed by atoms with E-state index in [9.17, 15) is 5.11 Å². The molecule has 0 saturated heterocycles. The number of hydrogen-bond donors (Lipinski definition) is 1. The number of hydrogen-bond acceptors (Lipinski definition) is 5. The third kappa shape index (κ3) is 5.07. The molecule has 31 heavy (non-hydrogen) atoms. The summed E-state index contributed by atoms with van der Waals surface area (Å²) in [4.78, 5) is 9.10. The van der Waals surface area contributed by atoms with E-state index < -0.39 is 0 Å². The van der Waals surface area contributed by atoms with Crippen LogP contribution in [0, 0.1) is 0 Å². The molecule has 1 aromatic heterocycles. The number of phenolic OH excluding ortho intramolecular Hbond substituents is 1. The Kier molecular flexibility index (Phi) is 6.24. The van der Waals surface area contributed by atoms with Crippen LogP contribution in [0.4, 0.5) is 5.95 Å². The molecule has 4 rings (SSSR count). The summed E-state index contributed by atoms with van der Waals surface area (Å²) in [7, 11) is 1.63. The number of halogens is 1. The Hall–Kier alpha value is -3.71. The van der Waals surface area contributed by atoms with Gasteiger partial charge in [0.05, 0.1) is 25.2 Å². The summed E-state index contributed by atoms with van der Waals surface area (Å²) in [6, 6.07) is 22.6. The first kappa shape index (κ1) is 20.6. The Morgan fingerprint density at radius 3 is 2.52 bits per heavy atom. The van der Waals surface area contributed by atoms with E-state index in [0.717, 1.165) is 27.0 Å². The number of ether oxygens (including phenoxy) is 1. The van der Waals surface area contributed by atoms with Gasteiger partial charge in [0.15, 0.2) is 0 Å². The van der Waals surface area contributed by atoms with Crippen LogP contribution in [-0.2, 0) is 0 Å². The fraction of sp³-hybridized carbons (Fsp3) is 0.0417. The van der Waals surface area contributed by atoms with Crippen molar-refractivity contribution in [1.29, 1.82) is 0 Å². The SMILES string of the molecule is COc1ccc(/C=N/n2cc(-c3ccccc3)nc2N=Cc2cc(Br)ccc2O)cc1. The Balaban J connectivity index is 1.70. The smallest absolute Gasteiger partial charge is 0.251 e. The molecular formula is C24H19BrN4O2. The zero-order valence-electron chi connectivity index (χ0n) is 16.7. The summed E-state index contributed by atoms with van der Waals surface area (Å²) in [6.07, 6.45) is 5.12. The van der Waals surface area contributed by atoms with Crippen molar-refractivity contribution >= 4 is 34.3 Å². The summed E-state index contributed by atoms with van der Waals surface area (Å²) in [5.74, 6) is 1.31. The van der Waals surface area contributed by atoms with Crippen molar-refractivity contribution in [2.45, 2.75) is 0 Å². The molecule has 1 heterocycles. The van der Waals surface area contributed by atoms with E-state index in [1.165, 1.54) is 0 Å². The van der Waals surface area contributed by atoms with Crippen LogP contribution < -0.4 is 4.74 Å². The number of phenols is 1. The van der Waals surface area contributed by atoms with Gasteiger partial charge in [-0.1, -0.05) is 46.3 Å². The predicted molar refractivity (Wildman–Crippen MR) is 127 cm³/mol. The second-order valence-corrected chi connectivity index (χ2v) is 7.53. The second-order valence-electron chi connectivity index (χ2n) is 6.62. The standard InChI is InChI=1S/C24H19BrN4O2/c1-31-21-10-7-17(8-11-21)14-27-29-16-22(18-5-3-2-4-6-18)28-24(29)26-15-19-13-20(25)9-12-23(19)30/h2-16,30H,1H3/b26-15?,27-14+. The Bertz CT molecular complexity index is 1230. The fourth-order valence-electron chi connectivity index (χ4n) is 2.86. The van der Waals surface area contributed by atoms with Gasteiger partial charge in [-0.3, -0.25) is 0 Å². The highest BCUT2D eigenvalue weighted by Crippen LogP contribution is 2.24. The lowest BCUT2D eigenvalue weighted by molar-refractivity contribution is 0.415. The number of aromatic hydroxyl groups is 1. The lowest BCUT2D eigenvalue weighted by Crippen LogP contribution is -1.90. The molecule has 154 valence electrons. The number of methoxy groups -OCH3 is 1. The van der Waals surface area contributed by atoms with Crippen LogP contribution >= 0.6 is 15.9 Å². The van der Waals surface area contributed by atoms with Crippen molar-refractivity contribution < 1.29 is 9.84 Å². The van der Waals surface area contributed by atoms with Crippen LogP contribution in [0.2, 0.25) is 0 Å². The van der Waals surface area contributed by atoms with Gasteiger partial charge in [0.25, 0.3) is 5.95 Å². The number of aliphatic imine (C=N–C) groups is 1. The van der Waals surface area contributed by atoms with E-state index in [4.69, 9.17) is 4.74 Å². The van der Waals surface area contributed by atoms with Crippen LogP contribution in [-0.4, -0.2) is 34.3 Å². The first-order valence-corrected chi connectivity index (χ1v) is 10.3. The number of aromatic nitrogens is 2. The van der Waals surface area contributed by atoms with E-state index in [0.29, 0.717) is 11.5 Å². The van der Waals surface area contributed by atoms with Crippen LogP contribution in [0.25, 0.3) is 11.3 Å². The molecule has 7 heteroatoms. The summed E-state index contributed by atoms with van der Waals surface area (Å²) >= 11 is 3.41. The molecule has 0 saturated carbocycles. The topological polar surface area (TPSA) is 72.0 Å². The lowest BCUT2D eigenvalue weighted by Gasteiger charge is -2.00. The van der Waals surface area contributed by atoms with Crippen molar-refractivity contribution in [3.8, 4) is 22.8 Å². The van der Waals surface area contributed by atoms with Gasteiger partial charge in [-0.2, -0.15) is 5.10 Å². The zero-order valence-corrected chi connectivity index (χ0v) is 18.3. The van der Waals surface area contributed by atoms with Crippen LogP contribution in [0.1, 0.15) is 11.1 Å². The summed E-state index contributed by atoms with van der Waals surface area (Å²) < 4.78 is 7.65. The predicted octanol–water partition coefficient (Wildman–Crippen LogP) is 5.66. The molecule has 1 N–H and O–H groups in total. The average molecular weight is 475 g/mol. The van der Waals surface area contributed by atoms with Gasteiger partial charge in [0.1, 0.15) is 11.5 Å². The molecule has 0 aliphatic carbocycles. The molecular weight excluding hydrogens is 456 g/mol. The Labute approximate surface area is 188 Å². The molecule has 0 radical (unpaired) electrons. The number of imidazole rings is 1. The molecule has 0 spiro atoms. The third-order valence-corrected chi connectivity index (χ3v) is 4.99. The first-order chi connectivity index (χ1) is 15.1. The molecule has 0 fully saturated rings. The molecule has 6 nitrogen and oxygen atoms in total. The molecule has 0 amide bonds. The van der Waals surface area contributed by atoms with E-state index in [1.54, 1.807) is 42.4 Å². The van der Waals surface area contributed by atoms with E-state index >= 15 is 0 Å². The first-order valence-electron chi connectivity index (χ1n) is 9.48. The molecule has 3 aromatic carbocycles. The maximum Gasteiger partial charge on any atom is 0.251 e. The van der Waals surface area contributed by atoms with Crippen molar-refractivity contribution in [3.05, 3.63) is 94.6 Å². The Morgan fingerprint density at radius 1 is 1.00 bits per heavy atom. The van der Waals surface area contributed by atoms with Gasteiger partial charge in [-0.15, -0.1) is 0 Å². The fourth-order valence-corrected chi connectivity index (χ4v) is 3.24. The van der Waals surface area contributed by atoms with Crippen LogP contribution in [0.5, 0.6) is 11.5 Å². The monoisotopic (exact) mass is 474 g/mol. The highest BCUT2D eigenvalue weighted by atomic mass is 79.9. The van der Waals surface area contributed by atoms with E-state index in [1.807, 2.05) is 60.8 Å². The highest BCUT2D eigenvalue weighted by Gasteiger charge is 2.09. The molecule has 0 unspecified atom stereocenters. The number of nitrogens with zero attached hydrogens (tertiary/aromatic N) is 4. The van der Waals surface area contributed by atoms with Gasteiger partial charge in [-0.05, 0) is 48.0 Å². The van der Waals surface area contributed by atoms with Gasteiger partial charge in [-0.25, -0.2) is 14.7 Å². The molecule has 0 bridgehead atoms. The minimum atomic E-state index is 0.134. The van der Waals surface area contributed by atoms with Gasteiger partial charge in [0.2, 0.25) is 0 Å². The third-order valence-electron chi connectivity index (χ3n) is 4.50. The Morgan fingerprint density at radius 2 is 1.77 bits per heavy atom. The molecule has 0 aliphatic rings. The summed E-state index contributed by atoms with van der Waals surface area (Å²) in [5.41, 5.74) is 3.19. The minimum Gasteiger partial charge on any atom is -0.507 e. The highest BCUT2D eigenvalue weighted by molar-refractivity contribution is 9.10. The van der Waals surface area contributed by atoms with Crippen molar-refractivity contribution in [1.82, 2.24) is 9.66 Å². The average Bonchev–Trinajstić information content (AvgIpc) is 3.22. The van der Waals surface area contributed by atoms with Gasteiger partial charge < -0.3 is 9.84 Å². The van der Waals surface area contributed by atoms with Crippen molar-refractivity contribution in [3.63, 3.8) is 0 Å². The molecule has 0 atom stereocenters. The van der Waals surface area contributed by atoms with Crippen LogP contribution in [0.15, 0.2) is 93.6 Å². The quantitative estimate of drug-likeness (QED) is 0.366. The maximum absolute atomic E-state index is 10.1. The largest absolute Gasteiger partial charge is 0.507 e. The maximum atomic E-state index is 10.1. The van der Waals surface area contributed by atoms with E-state index in [-0.39, 0.29) is 5.75 Å². The van der Waals surface area contributed by atoms with Gasteiger partial charge >= 0.3 is 0 Å². The van der Waals surface area contributed by atoms with Crippen LogP contribution in [0.3, 0.4) is 0 Å². The summed E-state index contributed by atoms with van der Waals surface area (Å²) in [5, 5.41) is 14.6. The lowest BCUT2D eigenvalue weighted by atomic mass is 10.2. The summed E-state index contributed by atoms with van der Waals surface area (Å²) in [6.45, 7) is 0. The molecule has 0 aliphatic heterocycles. The van der Waals surface area contributed by atoms with Crippen molar-refractivity contribution in [2.24, 2.45) is 10.1 Å². The van der Waals surface area contributed by atoms with Crippen molar-refractivity contribution in [2.75, 3.05) is 7.11 Å².